The number of para-hydroxylation sites is 2. The number of fused-ring (bicyclic) bond motifs is 1. The third-order valence-electron chi connectivity index (χ3n) is 4.56. The van der Waals surface area contributed by atoms with E-state index in [1.54, 1.807) is 24.3 Å². The molecule has 7 heteroatoms. The second kappa shape index (κ2) is 7.09. The van der Waals surface area contributed by atoms with Crippen molar-refractivity contribution in [3.8, 4) is 0 Å². The van der Waals surface area contributed by atoms with Crippen LogP contribution in [0.15, 0.2) is 29.4 Å². The van der Waals surface area contributed by atoms with Crippen molar-refractivity contribution >= 4 is 28.7 Å². The zero-order valence-corrected chi connectivity index (χ0v) is 14.6. The molecule has 2 atom stereocenters. The summed E-state index contributed by atoms with van der Waals surface area (Å²) in [5.74, 6) is 0.123. The largest absolute Gasteiger partial charge is 0.337 e. The van der Waals surface area contributed by atoms with Crippen molar-refractivity contribution in [3.63, 3.8) is 0 Å². The number of likely N-dealkylation sites (tertiary alicyclic amines) is 1. The molecular formula is C17H21F2N3OS. The minimum absolute atomic E-state index is 0.00688. The lowest BCUT2D eigenvalue weighted by Gasteiger charge is -2.39. The summed E-state index contributed by atoms with van der Waals surface area (Å²) in [6, 6.07) is 7.21. The van der Waals surface area contributed by atoms with Gasteiger partial charge in [-0.15, -0.1) is 0 Å². The van der Waals surface area contributed by atoms with Crippen LogP contribution in [0, 0.1) is 0 Å². The SMILES string of the molecule is CC1CCCC(C)N1C(=O)CSc1nc2ccccc2n1C(F)F. The minimum Gasteiger partial charge on any atom is -0.337 e. The highest BCUT2D eigenvalue weighted by Gasteiger charge is 2.29. The first-order valence-corrected chi connectivity index (χ1v) is 9.16. The zero-order chi connectivity index (χ0) is 17.3. The maximum Gasteiger partial charge on any atom is 0.321 e. The van der Waals surface area contributed by atoms with Crippen LogP contribution in [0.4, 0.5) is 8.78 Å². The third kappa shape index (κ3) is 3.27. The molecule has 0 radical (unpaired) electrons. The van der Waals surface area contributed by atoms with Gasteiger partial charge in [0.25, 0.3) is 0 Å². The lowest BCUT2D eigenvalue weighted by atomic mass is 9.98. The highest BCUT2D eigenvalue weighted by Crippen LogP contribution is 2.30. The molecule has 1 aliphatic rings. The number of piperidine rings is 1. The van der Waals surface area contributed by atoms with E-state index in [0.29, 0.717) is 11.0 Å². The Morgan fingerprint density at radius 1 is 1.29 bits per heavy atom. The molecule has 130 valence electrons. The monoisotopic (exact) mass is 353 g/mol. The number of hydrogen-bond acceptors (Lipinski definition) is 3. The second-order valence-corrected chi connectivity index (χ2v) is 7.19. The van der Waals surface area contributed by atoms with Crippen LogP contribution in [-0.4, -0.2) is 38.2 Å². The maximum absolute atomic E-state index is 13.4. The van der Waals surface area contributed by atoms with Crippen molar-refractivity contribution < 1.29 is 13.6 Å². The standard InChI is InChI=1S/C17H21F2N3OS/c1-11-6-5-7-12(2)21(11)15(23)10-24-17-20-13-8-3-4-9-14(13)22(17)16(18)19/h3-4,8-9,11-12,16H,5-7,10H2,1-2H3. The van der Waals surface area contributed by atoms with Crippen LogP contribution < -0.4 is 0 Å². The van der Waals surface area contributed by atoms with Crippen molar-refractivity contribution in [2.45, 2.75) is 56.9 Å². The van der Waals surface area contributed by atoms with Gasteiger partial charge < -0.3 is 4.90 Å². The van der Waals surface area contributed by atoms with Crippen molar-refractivity contribution in [3.05, 3.63) is 24.3 Å². The fourth-order valence-corrected chi connectivity index (χ4v) is 4.31. The van der Waals surface area contributed by atoms with Crippen LogP contribution >= 0.6 is 11.8 Å². The van der Waals surface area contributed by atoms with E-state index >= 15 is 0 Å². The molecule has 1 fully saturated rings. The van der Waals surface area contributed by atoms with Crippen LogP contribution in [0.25, 0.3) is 11.0 Å². The average molecular weight is 353 g/mol. The summed E-state index contributed by atoms with van der Waals surface area (Å²) in [5.41, 5.74) is 0.912. The van der Waals surface area contributed by atoms with Gasteiger partial charge >= 0.3 is 6.55 Å². The zero-order valence-electron chi connectivity index (χ0n) is 13.8. The Labute approximate surface area is 144 Å². The van der Waals surface area contributed by atoms with E-state index in [0.717, 1.165) is 35.6 Å². The van der Waals surface area contributed by atoms with E-state index in [9.17, 15) is 13.6 Å². The van der Waals surface area contributed by atoms with Gasteiger partial charge in [0.1, 0.15) is 0 Å². The number of carbonyl (C=O) groups is 1. The Bertz CT molecular complexity index is 724. The normalized spacial score (nSPS) is 21.6. The van der Waals surface area contributed by atoms with E-state index in [2.05, 4.69) is 4.98 Å². The number of benzene rings is 1. The van der Waals surface area contributed by atoms with Gasteiger partial charge in [0.2, 0.25) is 5.91 Å². The molecule has 3 rings (SSSR count). The number of alkyl halides is 2. The summed E-state index contributed by atoms with van der Waals surface area (Å²) >= 11 is 1.09. The Morgan fingerprint density at radius 3 is 2.62 bits per heavy atom. The Balaban J connectivity index is 1.78. The second-order valence-electron chi connectivity index (χ2n) is 6.25. The number of rotatable bonds is 4. The molecule has 2 heterocycles. The summed E-state index contributed by atoms with van der Waals surface area (Å²) in [5, 5.41) is 0.192. The van der Waals surface area contributed by atoms with E-state index in [4.69, 9.17) is 0 Å². The summed E-state index contributed by atoms with van der Waals surface area (Å²) < 4.78 is 27.7. The van der Waals surface area contributed by atoms with Crippen LogP contribution in [0.2, 0.25) is 0 Å². The van der Waals surface area contributed by atoms with Gasteiger partial charge in [0, 0.05) is 12.1 Å². The summed E-state index contributed by atoms with van der Waals surface area (Å²) in [7, 11) is 0. The average Bonchev–Trinajstić information content (AvgIpc) is 2.91. The van der Waals surface area contributed by atoms with Gasteiger partial charge in [-0.05, 0) is 45.2 Å². The van der Waals surface area contributed by atoms with Crippen molar-refractivity contribution in [1.82, 2.24) is 14.5 Å². The predicted octanol–water partition coefficient (Wildman–Crippen LogP) is 4.31. The molecule has 0 saturated carbocycles. The first-order valence-electron chi connectivity index (χ1n) is 8.18. The summed E-state index contributed by atoms with van der Waals surface area (Å²) in [4.78, 5) is 18.7. The van der Waals surface area contributed by atoms with Gasteiger partial charge in [-0.1, -0.05) is 23.9 Å². The van der Waals surface area contributed by atoms with Crippen molar-refractivity contribution in [2.75, 3.05) is 5.75 Å². The van der Waals surface area contributed by atoms with Gasteiger partial charge in [-0.2, -0.15) is 8.78 Å². The summed E-state index contributed by atoms with van der Waals surface area (Å²) in [6.45, 7) is 1.42. The lowest BCUT2D eigenvalue weighted by molar-refractivity contribution is -0.134. The lowest BCUT2D eigenvalue weighted by Crippen LogP contribution is -2.48. The fraction of sp³-hybridized carbons (Fsp3) is 0.529. The highest BCUT2D eigenvalue weighted by atomic mass is 32.2. The number of carbonyl (C=O) groups excluding carboxylic acids is 1. The number of nitrogens with zero attached hydrogens (tertiary/aromatic N) is 3. The quantitative estimate of drug-likeness (QED) is 0.769. The van der Waals surface area contributed by atoms with Crippen LogP contribution in [0.1, 0.15) is 39.7 Å². The number of thioether (sulfide) groups is 1. The van der Waals surface area contributed by atoms with Gasteiger partial charge in [0.15, 0.2) is 5.16 Å². The number of hydrogen-bond donors (Lipinski definition) is 0. The van der Waals surface area contributed by atoms with Crippen molar-refractivity contribution in [2.24, 2.45) is 0 Å². The molecule has 0 N–H and O–H groups in total. The van der Waals surface area contributed by atoms with Crippen LogP contribution in [0.5, 0.6) is 0 Å². The fourth-order valence-electron chi connectivity index (χ4n) is 3.43. The smallest absolute Gasteiger partial charge is 0.321 e. The Hall–Kier alpha value is -1.63. The van der Waals surface area contributed by atoms with E-state index in [1.165, 1.54) is 0 Å². The van der Waals surface area contributed by atoms with Crippen LogP contribution in [-0.2, 0) is 4.79 Å². The first-order chi connectivity index (χ1) is 11.5. The first kappa shape index (κ1) is 17.2. The molecule has 1 aliphatic heterocycles. The van der Waals surface area contributed by atoms with Crippen molar-refractivity contribution in [1.29, 1.82) is 0 Å². The molecule has 1 aromatic carbocycles. The maximum atomic E-state index is 13.4. The molecule has 1 aromatic heterocycles. The number of halogens is 2. The molecule has 1 amide bonds. The third-order valence-corrected chi connectivity index (χ3v) is 5.50. The summed E-state index contributed by atoms with van der Waals surface area (Å²) in [6.07, 6.45) is 3.12. The minimum atomic E-state index is -2.68. The number of aromatic nitrogens is 2. The predicted molar refractivity (Wildman–Crippen MR) is 91.3 cm³/mol. The molecule has 2 unspecified atom stereocenters. The topological polar surface area (TPSA) is 38.1 Å². The molecule has 4 nitrogen and oxygen atoms in total. The molecule has 0 spiro atoms. The highest BCUT2D eigenvalue weighted by molar-refractivity contribution is 7.99. The Morgan fingerprint density at radius 2 is 1.96 bits per heavy atom. The van der Waals surface area contributed by atoms with E-state index in [1.807, 2.05) is 18.7 Å². The van der Waals surface area contributed by atoms with Gasteiger partial charge in [-0.3, -0.25) is 9.36 Å². The van der Waals surface area contributed by atoms with Gasteiger partial charge in [-0.25, -0.2) is 4.98 Å². The number of imidazole rings is 1. The molecular weight excluding hydrogens is 332 g/mol. The molecule has 0 aliphatic carbocycles. The molecule has 0 bridgehead atoms. The molecule has 1 saturated heterocycles. The molecule has 2 aromatic rings. The van der Waals surface area contributed by atoms with E-state index in [-0.39, 0.29) is 28.9 Å². The number of amides is 1. The Kier molecular flexibility index (Phi) is 5.08. The van der Waals surface area contributed by atoms with Crippen LogP contribution in [0.3, 0.4) is 0 Å². The van der Waals surface area contributed by atoms with Gasteiger partial charge in [0.05, 0.1) is 16.8 Å². The molecule has 24 heavy (non-hydrogen) atoms. The van der Waals surface area contributed by atoms with E-state index < -0.39 is 6.55 Å².